The Hall–Kier alpha value is -3.47. The van der Waals surface area contributed by atoms with E-state index in [-0.39, 0.29) is 22.9 Å². The summed E-state index contributed by atoms with van der Waals surface area (Å²) >= 11 is 0. The largest absolute Gasteiger partial charge is 0.489 e. The second kappa shape index (κ2) is 7.51. The van der Waals surface area contributed by atoms with E-state index >= 15 is 0 Å². The van der Waals surface area contributed by atoms with Gasteiger partial charge in [-0.25, -0.2) is 0 Å². The van der Waals surface area contributed by atoms with Crippen LogP contribution < -0.4 is 4.74 Å². The average Bonchev–Trinajstić information content (AvgIpc) is 3.09. The quantitative estimate of drug-likeness (QED) is 0.603. The van der Waals surface area contributed by atoms with Crippen LogP contribution >= 0.6 is 0 Å². The van der Waals surface area contributed by atoms with E-state index in [1.54, 1.807) is 6.07 Å². The van der Waals surface area contributed by atoms with Crippen LogP contribution in [0.3, 0.4) is 0 Å². The van der Waals surface area contributed by atoms with Gasteiger partial charge in [0.1, 0.15) is 12.4 Å². The van der Waals surface area contributed by atoms with E-state index in [9.17, 15) is 33.2 Å². The number of ether oxygens (including phenoxy) is 1. The molecule has 1 aliphatic heterocycles. The number of hydrazone groups is 1. The number of nitro benzene ring substituents is 1. The Morgan fingerprint density at radius 1 is 1.28 bits per heavy atom. The number of alkyl halides is 3. The van der Waals surface area contributed by atoms with E-state index in [1.165, 1.54) is 42.5 Å². The minimum Gasteiger partial charge on any atom is -0.489 e. The number of carbonyl (C=O) groups is 1. The topological polar surface area (TPSA) is 105 Å². The Kier molecular flexibility index (Phi) is 5.25. The number of benzene rings is 2. The molecular formula is C18H14F3N3O5. The van der Waals surface area contributed by atoms with Crippen LogP contribution in [-0.4, -0.2) is 39.1 Å². The number of nitrogens with zero attached hydrogens (tertiary/aromatic N) is 3. The van der Waals surface area contributed by atoms with Gasteiger partial charge in [0.2, 0.25) is 0 Å². The molecule has 1 unspecified atom stereocenters. The van der Waals surface area contributed by atoms with Gasteiger partial charge in [-0.3, -0.25) is 14.9 Å². The lowest BCUT2D eigenvalue weighted by atomic mass is 10.1. The molecule has 0 radical (unpaired) electrons. The summed E-state index contributed by atoms with van der Waals surface area (Å²) in [6, 6.07) is 11.0. The van der Waals surface area contributed by atoms with E-state index in [0.717, 1.165) is 6.21 Å². The maximum Gasteiger partial charge on any atom is 0.438 e. The third-order valence-corrected chi connectivity index (χ3v) is 4.20. The summed E-state index contributed by atoms with van der Waals surface area (Å²) in [6.45, 7) is -0.0360. The molecule has 1 atom stereocenters. The number of aliphatic hydroxyl groups is 1. The van der Waals surface area contributed by atoms with Crippen LogP contribution in [0.4, 0.5) is 18.9 Å². The van der Waals surface area contributed by atoms with Crippen molar-refractivity contribution in [2.24, 2.45) is 5.10 Å². The van der Waals surface area contributed by atoms with Crippen LogP contribution in [0.5, 0.6) is 5.75 Å². The van der Waals surface area contributed by atoms with Crippen LogP contribution in [0.1, 0.15) is 22.3 Å². The van der Waals surface area contributed by atoms with Crippen LogP contribution in [0.25, 0.3) is 0 Å². The smallest absolute Gasteiger partial charge is 0.438 e. The van der Waals surface area contributed by atoms with Crippen molar-refractivity contribution in [3.63, 3.8) is 0 Å². The van der Waals surface area contributed by atoms with Crippen molar-refractivity contribution >= 4 is 17.8 Å². The lowest BCUT2D eigenvalue weighted by Gasteiger charge is -2.32. The lowest BCUT2D eigenvalue weighted by Crippen LogP contribution is -2.56. The van der Waals surface area contributed by atoms with E-state index in [2.05, 4.69) is 5.10 Å². The predicted octanol–water partition coefficient (Wildman–Crippen LogP) is 3.26. The van der Waals surface area contributed by atoms with Crippen LogP contribution in [0, 0.1) is 10.1 Å². The van der Waals surface area contributed by atoms with Crippen molar-refractivity contribution < 1.29 is 32.7 Å². The highest BCUT2D eigenvalue weighted by atomic mass is 19.4. The summed E-state index contributed by atoms with van der Waals surface area (Å²) in [5, 5.41) is 23.9. The van der Waals surface area contributed by atoms with Crippen molar-refractivity contribution in [2.75, 3.05) is 0 Å². The molecule has 2 aromatic rings. The number of rotatable bonds is 5. The molecule has 0 saturated carbocycles. The number of non-ortho nitro benzene ring substituents is 1. The van der Waals surface area contributed by atoms with Gasteiger partial charge < -0.3 is 9.84 Å². The fourth-order valence-electron chi connectivity index (χ4n) is 2.64. The first-order valence-electron chi connectivity index (χ1n) is 8.24. The molecule has 0 spiro atoms. The fraction of sp³-hybridized carbons (Fsp3) is 0.222. The average molecular weight is 409 g/mol. The van der Waals surface area contributed by atoms with Crippen LogP contribution in [0.2, 0.25) is 0 Å². The molecule has 3 rings (SSSR count). The molecule has 0 saturated heterocycles. The van der Waals surface area contributed by atoms with E-state index in [4.69, 9.17) is 4.74 Å². The monoisotopic (exact) mass is 409 g/mol. The van der Waals surface area contributed by atoms with Gasteiger partial charge >= 0.3 is 6.18 Å². The molecule has 11 heteroatoms. The lowest BCUT2D eigenvalue weighted by molar-refractivity contribution is -0.384. The molecule has 1 amide bonds. The van der Waals surface area contributed by atoms with Crippen molar-refractivity contribution in [1.29, 1.82) is 0 Å². The van der Waals surface area contributed by atoms with Gasteiger partial charge in [0.05, 0.1) is 4.92 Å². The van der Waals surface area contributed by atoms with Gasteiger partial charge in [0, 0.05) is 30.3 Å². The van der Waals surface area contributed by atoms with Gasteiger partial charge in [0.25, 0.3) is 17.3 Å². The molecule has 1 heterocycles. The molecule has 1 N–H and O–H groups in total. The number of amides is 1. The first kappa shape index (κ1) is 20.3. The number of hydrogen-bond acceptors (Lipinski definition) is 6. The standard InChI is InChI=1S/C18H14F3N3O5/c19-18(20,21)17(26)8-9-22-23(17)16(25)13-3-1-2-12(10-13)11-29-15-6-4-14(5-7-15)24(27)28/h1-7,9-10,26H,8,11H2. The number of nitro groups is 1. The summed E-state index contributed by atoms with van der Waals surface area (Å²) in [5.74, 6) is -0.779. The molecular weight excluding hydrogens is 395 g/mol. The zero-order valence-electron chi connectivity index (χ0n) is 14.7. The highest BCUT2D eigenvalue weighted by Crippen LogP contribution is 2.39. The highest BCUT2D eigenvalue weighted by Gasteiger charge is 2.61. The minimum absolute atomic E-state index is 0.0172. The predicted molar refractivity (Wildman–Crippen MR) is 94.2 cm³/mol. The Morgan fingerprint density at radius 3 is 2.59 bits per heavy atom. The maximum atomic E-state index is 13.2. The summed E-state index contributed by atoms with van der Waals surface area (Å²) in [5.41, 5.74) is -3.15. The first-order valence-corrected chi connectivity index (χ1v) is 8.24. The number of carbonyl (C=O) groups excluding carboxylic acids is 1. The third-order valence-electron chi connectivity index (χ3n) is 4.20. The maximum absolute atomic E-state index is 13.2. The summed E-state index contributed by atoms with van der Waals surface area (Å²) in [4.78, 5) is 22.6. The SMILES string of the molecule is O=C(c1cccc(COc2ccc([N+](=O)[O-])cc2)c1)N1N=CCC1(O)C(F)(F)F. The van der Waals surface area contributed by atoms with Crippen molar-refractivity contribution in [1.82, 2.24) is 5.01 Å². The van der Waals surface area contributed by atoms with Gasteiger partial charge in [-0.15, -0.1) is 0 Å². The van der Waals surface area contributed by atoms with Gasteiger partial charge in [-0.05, 0) is 29.8 Å². The second-order valence-corrected chi connectivity index (χ2v) is 6.17. The molecule has 29 heavy (non-hydrogen) atoms. The number of hydrogen-bond donors (Lipinski definition) is 1. The van der Waals surface area contributed by atoms with E-state index in [1.807, 2.05) is 0 Å². The molecule has 1 aliphatic rings. The Bertz CT molecular complexity index is 962. The van der Waals surface area contributed by atoms with Crippen LogP contribution in [0.15, 0.2) is 53.6 Å². The normalized spacial score (nSPS) is 18.7. The van der Waals surface area contributed by atoms with Crippen molar-refractivity contribution in [3.05, 3.63) is 69.8 Å². The second-order valence-electron chi connectivity index (χ2n) is 6.17. The minimum atomic E-state index is -5.07. The van der Waals surface area contributed by atoms with E-state index < -0.39 is 29.2 Å². The molecule has 0 bridgehead atoms. The summed E-state index contributed by atoms with van der Waals surface area (Å²) in [7, 11) is 0. The van der Waals surface area contributed by atoms with Gasteiger partial charge in [-0.2, -0.15) is 23.3 Å². The zero-order valence-corrected chi connectivity index (χ0v) is 14.7. The fourth-order valence-corrected chi connectivity index (χ4v) is 2.64. The molecule has 0 aromatic heterocycles. The molecule has 2 aromatic carbocycles. The Balaban J connectivity index is 1.73. The molecule has 152 valence electrons. The van der Waals surface area contributed by atoms with Gasteiger partial charge in [0.15, 0.2) is 0 Å². The zero-order chi connectivity index (χ0) is 21.2. The third kappa shape index (κ3) is 4.04. The van der Waals surface area contributed by atoms with Crippen molar-refractivity contribution in [2.45, 2.75) is 24.9 Å². The highest BCUT2D eigenvalue weighted by molar-refractivity contribution is 5.96. The molecule has 0 aliphatic carbocycles. The summed E-state index contributed by atoms with van der Waals surface area (Å²) in [6.07, 6.45) is -5.10. The molecule has 8 nitrogen and oxygen atoms in total. The van der Waals surface area contributed by atoms with Crippen LogP contribution in [-0.2, 0) is 6.61 Å². The number of halogens is 3. The summed E-state index contributed by atoms with van der Waals surface area (Å²) < 4.78 is 44.9. The first-order chi connectivity index (χ1) is 13.6. The van der Waals surface area contributed by atoms with Gasteiger partial charge in [-0.1, -0.05) is 12.1 Å². The van der Waals surface area contributed by atoms with E-state index in [0.29, 0.717) is 11.3 Å². The molecule has 0 fully saturated rings. The van der Waals surface area contributed by atoms with Crippen molar-refractivity contribution in [3.8, 4) is 5.75 Å². The Labute approximate surface area is 162 Å². The Morgan fingerprint density at radius 2 is 1.97 bits per heavy atom.